The second kappa shape index (κ2) is 11.6. The van der Waals surface area contributed by atoms with Crippen LogP contribution < -0.4 is 5.32 Å². The number of hydrogen-bond donors (Lipinski definition) is 1. The molecule has 1 aliphatic heterocycles. The van der Waals surface area contributed by atoms with E-state index in [4.69, 9.17) is 4.74 Å². The summed E-state index contributed by atoms with van der Waals surface area (Å²) in [6.45, 7) is 6.64. The van der Waals surface area contributed by atoms with Gasteiger partial charge in [0.1, 0.15) is 6.04 Å². The maximum absolute atomic E-state index is 13.3. The van der Waals surface area contributed by atoms with E-state index in [-0.39, 0.29) is 36.9 Å². The summed E-state index contributed by atoms with van der Waals surface area (Å²) in [6, 6.07) is 17.0. The summed E-state index contributed by atoms with van der Waals surface area (Å²) in [4.78, 5) is 40.5. The fraction of sp³-hybridized carbons (Fsp3) is 0.444. The van der Waals surface area contributed by atoms with Crippen molar-refractivity contribution >= 4 is 17.8 Å². The van der Waals surface area contributed by atoms with Crippen molar-refractivity contribution < 1.29 is 19.1 Å². The highest BCUT2D eigenvalue weighted by molar-refractivity contribution is 5.89. The second-order valence-electron chi connectivity index (χ2n) is 8.99. The van der Waals surface area contributed by atoms with Crippen LogP contribution in [0.4, 0.5) is 0 Å². The first kappa shape index (κ1) is 24.5. The highest BCUT2D eigenvalue weighted by Crippen LogP contribution is 2.25. The lowest BCUT2D eigenvalue weighted by molar-refractivity contribution is -0.148. The molecular formula is C27H34N2O4. The van der Waals surface area contributed by atoms with Gasteiger partial charge in [0.05, 0.1) is 12.5 Å². The minimum absolute atomic E-state index is 0.0223. The molecule has 6 heteroatoms. The van der Waals surface area contributed by atoms with Crippen LogP contribution in [0.25, 0.3) is 0 Å². The van der Waals surface area contributed by atoms with Crippen molar-refractivity contribution in [2.45, 2.75) is 52.6 Å². The Kier molecular flexibility index (Phi) is 8.64. The third-order valence-corrected chi connectivity index (χ3v) is 5.92. The maximum Gasteiger partial charge on any atom is 0.311 e. The monoisotopic (exact) mass is 450 g/mol. The minimum atomic E-state index is -0.592. The molecule has 33 heavy (non-hydrogen) atoms. The minimum Gasteiger partial charge on any atom is -0.466 e. The van der Waals surface area contributed by atoms with E-state index < -0.39 is 12.0 Å². The molecule has 0 aromatic heterocycles. The molecule has 176 valence electrons. The Morgan fingerprint density at radius 3 is 2.36 bits per heavy atom. The molecule has 2 aromatic rings. The van der Waals surface area contributed by atoms with Gasteiger partial charge in [-0.3, -0.25) is 14.4 Å². The highest BCUT2D eigenvalue weighted by atomic mass is 16.5. The number of esters is 1. The number of ether oxygens (including phenoxy) is 1. The van der Waals surface area contributed by atoms with Crippen molar-refractivity contribution in [3.05, 3.63) is 71.3 Å². The molecule has 2 aromatic carbocycles. The zero-order chi connectivity index (χ0) is 23.8. The lowest BCUT2D eigenvalue weighted by atomic mass is 9.92. The molecule has 1 heterocycles. The summed E-state index contributed by atoms with van der Waals surface area (Å²) in [6.07, 6.45) is 1.34. The second-order valence-corrected chi connectivity index (χ2v) is 8.99. The molecule has 0 aliphatic carbocycles. The number of benzene rings is 2. The maximum atomic E-state index is 13.3. The summed E-state index contributed by atoms with van der Waals surface area (Å²) in [5, 5.41) is 2.95. The molecule has 0 saturated carbocycles. The highest BCUT2D eigenvalue weighted by Gasteiger charge is 2.35. The fourth-order valence-electron chi connectivity index (χ4n) is 4.22. The Morgan fingerprint density at radius 1 is 1.03 bits per heavy atom. The van der Waals surface area contributed by atoms with E-state index in [1.54, 1.807) is 11.8 Å². The van der Waals surface area contributed by atoms with Gasteiger partial charge < -0.3 is 15.0 Å². The Labute approximate surface area is 196 Å². The van der Waals surface area contributed by atoms with E-state index in [1.165, 1.54) is 0 Å². The first-order valence-corrected chi connectivity index (χ1v) is 11.7. The number of rotatable bonds is 9. The topological polar surface area (TPSA) is 75.7 Å². The van der Waals surface area contributed by atoms with Gasteiger partial charge in [0, 0.05) is 25.9 Å². The van der Waals surface area contributed by atoms with Crippen LogP contribution >= 0.6 is 0 Å². The first-order chi connectivity index (χ1) is 15.9. The Balaban J connectivity index is 1.74. The summed E-state index contributed by atoms with van der Waals surface area (Å²) in [7, 11) is 0. The van der Waals surface area contributed by atoms with Gasteiger partial charge in [-0.1, -0.05) is 68.4 Å². The van der Waals surface area contributed by atoms with Crippen molar-refractivity contribution in [1.29, 1.82) is 0 Å². The predicted molar refractivity (Wildman–Crippen MR) is 127 cm³/mol. The Hall–Kier alpha value is -3.15. The molecule has 3 rings (SSSR count). The average Bonchev–Trinajstić information content (AvgIpc) is 2.81. The van der Waals surface area contributed by atoms with E-state index in [1.807, 2.05) is 68.4 Å². The van der Waals surface area contributed by atoms with Gasteiger partial charge in [0.15, 0.2) is 0 Å². The molecule has 1 aliphatic rings. The molecule has 0 radical (unpaired) electrons. The first-order valence-electron chi connectivity index (χ1n) is 11.7. The van der Waals surface area contributed by atoms with Crippen molar-refractivity contribution in [3.8, 4) is 0 Å². The summed E-state index contributed by atoms with van der Waals surface area (Å²) < 4.78 is 5.25. The third-order valence-electron chi connectivity index (χ3n) is 5.92. The number of hydrogen-bond acceptors (Lipinski definition) is 4. The van der Waals surface area contributed by atoms with E-state index in [0.717, 1.165) is 16.7 Å². The molecule has 2 unspecified atom stereocenters. The molecule has 0 saturated heterocycles. The van der Waals surface area contributed by atoms with Gasteiger partial charge in [-0.25, -0.2) is 0 Å². The fourth-order valence-corrected chi connectivity index (χ4v) is 4.22. The summed E-state index contributed by atoms with van der Waals surface area (Å²) >= 11 is 0. The molecule has 1 N–H and O–H groups in total. The Bertz CT molecular complexity index is 958. The lowest BCUT2D eigenvalue weighted by Gasteiger charge is -2.36. The quantitative estimate of drug-likeness (QED) is 0.593. The average molecular weight is 451 g/mol. The SMILES string of the molecule is CCOC(=O)C(CNC(=O)C1Cc2ccccc2CN1C(=O)CC(C)C)Cc1ccccc1. The van der Waals surface area contributed by atoms with Crippen molar-refractivity contribution in [3.63, 3.8) is 0 Å². The normalized spacial score (nSPS) is 16.1. The number of carbonyl (C=O) groups excluding carboxylic acids is 3. The van der Waals surface area contributed by atoms with Gasteiger partial charge in [-0.2, -0.15) is 0 Å². The predicted octanol–water partition coefficient (Wildman–Crippen LogP) is 3.52. The number of amides is 2. The van der Waals surface area contributed by atoms with Crippen LogP contribution in [0.1, 0.15) is 43.9 Å². The zero-order valence-electron chi connectivity index (χ0n) is 19.8. The zero-order valence-corrected chi connectivity index (χ0v) is 19.8. The molecule has 0 fully saturated rings. The van der Waals surface area contributed by atoms with Gasteiger partial charge in [0.2, 0.25) is 11.8 Å². The smallest absolute Gasteiger partial charge is 0.311 e. The van der Waals surface area contributed by atoms with E-state index >= 15 is 0 Å². The van der Waals surface area contributed by atoms with Crippen LogP contribution in [0.3, 0.4) is 0 Å². The van der Waals surface area contributed by atoms with Crippen LogP contribution in [-0.2, 0) is 38.5 Å². The van der Waals surface area contributed by atoms with Crippen LogP contribution in [-0.4, -0.2) is 41.9 Å². The van der Waals surface area contributed by atoms with Crippen LogP contribution in [0.2, 0.25) is 0 Å². The number of fused-ring (bicyclic) bond motifs is 1. The van der Waals surface area contributed by atoms with Gasteiger partial charge in [-0.15, -0.1) is 0 Å². The standard InChI is InChI=1S/C27H34N2O4/c1-4-33-27(32)23(15-20-10-6-5-7-11-20)17-28-26(31)24-16-21-12-8-9-13-22(21)18-29(24)25(30)14-19(2)3/h5-13,19,23-24H,4,14-18H2,1-3H3,(H,28,31). The number of carbonyl (C=O) groups is 3. The van der Waals surface area contributed by atoms with Crippen LogP contribution in [0, 0.1) is 11.8 Å². The third kappa shape index (κ3) is 6.67. The largest absolute Gasteiger partial charge is 0.466 e. The van der Waals surface area contributed by atoms with E-state index in [2.05, 4.69) is 5.32 Å². The number of nitrogens with one attached hydrogen (secondary N) is 1. The summed E-state index contributed by atoms with van der Waals surface area (Å²) in [5.74, 6) is -0.873. The van der Waals surface area contributed by atoms with Gasteiger partial charge in [0.25, 0.3) is 0 Å². The molecule has 2 amide bonds. The lowest BCUT2D eigenvalue weighted by Crippen LogP contribution is -2.53. The van der Waals surface area contributed by atoms with E-state index in [0.29, 0.717) is 25.8 Å². The van der Waals surface area contributed by atoms with Crippen molar-refractivity contribution in [2.24, 2.45) is 11.8 Å². The van der Waals surface area contributed by atoms with E-state index in [9.17, 15) is 14.4 Å². The molecular weight excluding hydrogens is 416 g/mol. The van der Waals surface area contributed by atoms with Gasteiger partial charge in [-0.05, 0) is 36.0 Å². The number of nitrogens with zero attached hydrogens (tertiary/aromatic N) is 1. The Morgan fingerprint density at radius 2 is 1.70 bits per heavy atom. The van der Waals surface area contributed by atoms with Crippen molar-refractivity contribution in [2.75, 3.05) is 13.2 Å². The molecule has 2 atom stereocenters. The summed E-state index contributed by atoms with van der Waals surface area (Å²) in [5.41, 5.74) is 3.16. The molecule has 0 bridgehead atoms. The van der Waals surface area contributed by atoms with Gasteiger partial charge >= 0.3 is 5.97 Å². The molecule has 0 spiro atoms. The van der Waals surface area contributed by atoms with Crippen LogP contribution in [0.15, 0.2) is 54.6 Å². The van der Waals surface area contributed by atoms with Crippen molar-refractivity contribution in [1.82, 2.24) is 10.2 Å². The molecule has 6 nitrogen and oxygen atoms in total. The van der Waals surface area contributed by atoms with Crippen LogP contribution in [0.5, 0.6) is 0 Å².